The van der Waals surface area contributed by atoms with Gasteiger partial charge in [0, 0.05) is 80.8 Å². The molecule has 1 aliphatic heterocycles. The monoisotopic (exact) mass is 2060 g/mol. The zero-order valence-electron chi connectivity index (χ0n) is 75.6. The summed E-state index contributed by atoms with van der Waals surface area (Å²) in [6.45, 7) is 71.1. The van der Waals surface area contributed by atoms with Gasteiger partial charge >= 0.3 is 46.5 Å². The molecule has 9 rings (SSSR count). The van der Waals surface area contributed by atoms with Crippen LogP contribution in [0.15, 0.2) is 166 Å². The van der Waals surface area contributed by atoms with Crippen molar-refractivity contribution >= 4 is 117 Å². The van der Waals surface area contributed by atoms with Gasteiger partial charge in [-0.05, 0) is 229 Å². The largest absolute Gasteiger partial charge is 0 e. The molecule has 8 aromatic carbocycles. The molecule has 1 aliphatic rings. The predicted molar refractivity (Wildman–Crippen MR) is 505 cm³/mol. The Morgan fingerprint density at radius 2 is 0.272 bits per heavy atom. The fraction of sp³-hybridized carbons (Fsp3) is 0.480. The summed E-state index contributed by atoms with van der Waals surface area (Å²) in [6, 6.07) is 52.1. The molecule has 0 saturated carbocycles. The predicted octanol–water partition coefficient (Wildman–Crippen LogP) is 32.7. The smallest absolute Gasteiger partial charge is 0 e. The van der Waals surface area contributed by atoms with Crippen LogP contribution < -0.4 is 0 Å². The number of para-hydroxylation sites is 8. The quantitative estimate of drug-likeness (QED) is 0.0265. The first kappa shape index (κ1) is 105. The number of rotatable bonds is 28. The number of aliphatic imine (C=N–C) groups is 4. The van der Waals surface area contributed by atoms with Gasteiger partial charge < -0.3 is 41.2 Å². The molecule has 0 unspecified atom stereocenters. The van der Waals surface area contributed by atoms with Gasteiger partial charge in [-0.2, -0.15) is 0 Å². The van der Waals surface area contributed by atoms with E-state index >= 15 is 0 Å². The van der Waals surface area contributed by atoms with Crippen LogP contribution in [-0.2, 0) is 0 Å². The van der Waals surface area contributed by atoms with E-state index in [1.165, 1.54) is 89.0 Å². The molecule has 0 amide bonds. The van der Waals surface area contributed by atoms with Gasteiger partial charge in [0.25, 0.3) is 0 Å². The number of benzene rings is 8. The maximum Gasteiger partial charge on any atom is 0 e. The molecule has 0 spiro atoms. The average molecular weight is 2050 g/mol. The van der Waals surface area contributed by atoms with Crippen LogP contribution in [0.1, 0.15) is 405 Å². The number of nitrogens with zero attached hydrogens (tertiary/aromatic N) is 8. The first-order chi connectivity index (χ1) is 52.9. The van der Waals surface area contributed by atoms with Gasteiger partial charge in [-0.1, -0.05) is 393 Å². The maximum absolute atomic E-state index is 4.85. The summed E-state index contributed by atoms with van der Waals surface area (Å²) in [5.74, 6) is 6.96. The summed E-state index contributed by atoms with van der Waals surface area (Å²) in [7, 11) is 0. The summed E-state index contributed by atoms with van der Waals surface area (Å²) in [5.41, 5.74) is 29.2. The minimum atomic E-state index is 0. The Morgan fingerprint density at radius 1 is 0.175 bits per heavy atom. The molecule has 1 fully saturated rings. The number of hydrogen-bond acceptors (Lipinski definition) is 4. The van der Waals surface area contributed by atoms with Gasteiger partial charge in [0.2, 0.25) is 0 Å². The minimum Gasteiger partial charge on any atom is 0 e. The van der Waals surface area contributed by atoms with Gasteiger partial charge in [0.05, 0.1) is 0 Å². The van der Waals surface area contributed by atoms with Crippen molar-refractivity contribution in [3.05, 3.63) is 256 Å². The molecule has 14 heteroatoms. The van der Waals surface area contributed by atoms with E-state index in [2.05, 4.69) is 367 Å². The Kier molecular flexibility index (Phi) is 48.4. The average Bonchev–Trinajstić information content (AvgIpc) is 0.829. The number of hydrogen-bond donors (Lipinski definition) is 0. The van der Waals surface area contributed by atoms with Crippen molar-refractivity contribution in [2.75, 3.05) is 0 Å². The van der Waals surface area contributed by atoms with Gasteiger partial charge in [0.15, 0.2) is 0 Å². The summed E-state index contributed by atoms with van der Waals surface area (Å²) in [6.07, 6.45) is 7.06. The Morgan fingerprint density at radius 3 is 0.360 bits per heavy atom. The molecule has 616 valence electrons. The van der Waals surface area contributed by atoms with Crippen LogP contribution in [0.3, 0.4) is 0 Å². The molecule has 114 heavy (non-hydrogen) atoms. The van der Waals surface area contributed by atoms with Crippen LogP contribution in [-0.4, -0.2) is 71.8 Å². The summed E-state index contributed by atoms with van der Waals surface area (Å²) < 4.78 is 0. The molecular formula is C100H140As4N8Sm2-4. The standard InChI is InChI=1S/4C25H35N2.As4.2Sm/c4*1-16(2)20-11-9-12-21(17(3)4)24(20)26-15-27-25-22(18(5)6)13-10-14-23(25)19(7)8;1-2-4-3-1;;/h4*9-19H,1-8H3;;;/q4*-1;;;. The normalized spacial score (nSPS) is 13.2. The van der Waals surface area contributed by atoms with Crippen LogP contribution in [0, 0.1) is 80.8 Å². The van der Waals surface area contributed by atoms with Crippen LogP contribution in [0.5, 0.6) is 0 Å². The van der Waals surface area contributed by atoms with Crippen molar-refractivity contribution in [3.63, 3.8) is 0 Å². The van der Waals surface area contributed by atoms with Gasteiger partial charge in [-0.25, -0.2) is 0 Å². The molecule has 1 heterocycles. The Labute approximate surface area is 780 Å². The van der Waals surface area contributed by atoms with Crippen molar-refractivity contribution < 1.29 is 80.8 Å². The molecule has 1 saturated heterocycles. The Bertz CT molecular complexity index is 3570. The van der Waals surface area contributed by atoms with E-state index < -0.39 is 0 Å². The molecular weight excluding hydrogens is 1910 g/mol. The van der Waals surface area contributed by atoms with E-state index in [-0.39, 0.29) is 80.8 Å². The maximum atomic E-state index is 4.85. The van der Waals surface area contributed by atoms with Crippen LogP contribution in [0.2, 0.25) is 0 Å². The second-order valence-corrected chi connectivity index (χ2v) is 84.4. The van der Waals surface area contributed by atoms with Crippen LogP contribution in [0.4, 0.5) is 45.5 Å². The van der Waals surface area contributed by atoms with E-state index in [1.807, 2.05) is 0 Å². The van der Waals surface area contributed by atoms with E-state index in [0.29, 0.717) is 94.7 Å². The summed E-state index contributed by atoms with van der Waals surface area (Å²) >= 11 is 4.50. The third kappa shape index (κ3) is 31.2. The topological polar surface area (TPSA) is 106 Å². The Hall–Kier alpha value is -3.45. The fourth-order valence-electron chi connectivity index (χ4n) is 13.9. The first-order valence-electron chi connectivity index (χ1n) is 41.7. The van der Waals surface area contributed by atoms with Crippen molar-refractivity contribution in [1.29, 1.82) is 0 Å². The van der Waals surface area contributed by atoms with E-state index in [1.54, 1.807) is 25.4 Å². The van der Waals surface area contributed by atoms with Gasteiger partial charge in [-0.15, -0.1) is 0 Å². The van der Waals surface area contributed by atoms with Crippen molar-refractivity contribution in [2.45, 2.75) is 316 Å². The second kappa shape index (κ2) is 52.7. The third-order valence-corrected chi connectivity index (χ3v) is 137. The second-order valence-electron chi connectivity index (χ2n) is 34.6. The van der Waals surface area contributed by atoms with Crippen molar-refractivity contribution in [2.24, 2.45) is 20.0 Å². The molecule has 8 nitrogen and oxygen atoms in total. The van der Waals surface area contributed by atoms with Crippen molar-refractivity contribution in [1.82, 2.24) is 0 Å². The zero-order valence-corrected chi connectivity index (χ0v) is 88.3. The molecule has 0 aromatic heterocycles. The molecule has 0 atom stereocenters. The van der Waals surface area contributed by atoms with E-state index in [9.17, 15) is 0 Å². The molecule has 0 aliphatic carbocycles. The SMILES string of the molecule is CC(C)c1cccc(C(C)C)c1N=C[N-]c1c(C(C)C)cccc1C(C)C.CC(C)c1cccc(C(C)C)c1N=C[N-]c1c(C(C)C)cccc1C(C)C.CC(C)c1cccc(C(C)C)c1N=C[N-]c1c(C(C)C)cccc1C(C)C.CC(C)c1cccc(C(C)C)c1N=C[N-]c1c(C(C)C)cccc1C(C)C.[As]1[As][As][As]1.[Sm].[Sm]. The van der Waals surface area contributed by atoms with Gasteiger partial charge in [0.1, 0.15) is 0 Å². The summed E-state index contributed by atoms with van der Waals surface area (Å²) in [4.78, 5) is 19.4. The molecule has 0 N–H and O–H groups in total. The molecule has 0 bridgehead atoms. The fourth-order valence-corrected chi connectivity index (χ4v) is 43.0. The van der Waals surface area contributed by atoms with Crippen LogP contribution >= 0.6 is 0 Å². The van der Waals surface area contributed by atoms with E-state index in [4.69, 9.17) is 41.2 Å². The van der Waals surface area contributed by atoms with Crippen LogP contribution in [0.25, 0.3) is 21.3 Å². The molecule has 8 aromatic rings. The Balaban J connectivity index is 0.000000384. The molecule has 4 radical (unpaired) electrons. The first-order valence-corrected chi connectivity index (χ1v) is 62.5. The third-order valence-electron chi connectivity index (χ3n) is 20.4. The van der Waals surface area contributed by atoms with Crippen molar-refractivity contribution in [3.8, 4) is 0 Å². The minimum absolute atomic E-state index is 0. The summed E-state index contributed by atoms with van der Waals surface area (Å²) in [5, 5.41) is 19.4. The van der Waals surface area contributed by atoms with Gasteiger partial charge in [-0.3, -0.25) is 0 Å². The zero-order chi connectivity index (χ0) is 83.4. The van der Waals surface area contributed by atoms with E-state index in [0.717, 1.165) is 92.0 Å².